The van der Waals surface area contributed by atoms with Crippen LogP contribution in [0.25, 0.3) is 0 Å². The summed E-state index contributed by atoms with van der Waals surface area (Å²) >= 11 is 0. The summed E-state index contributed by atoms with van der Waals surface area (Å²) in [5.74, 6) is -0.817. The van der Waals surface area contributed by atoms with Crippen LogP contribution in [0.5, 0.6) is 0 Å². The first-order chi connectivity index (χ1) is 10.3. The van der Waals surface area contributed by atoms with Crippen molar-refractivity contribution in [1.82, 2.24) is 0 Å². The average Bonchev–Trinajstić information content (AvgIpc) is 2.85. The first-order valence-electron chi connectivity index (χ1n) is 8.35. The number of nitrogens with zero attached hydrogens (tertiary/aromatic N) is 1. The standard InChI is InChI=1S/C18H25NO2/c20-18(21)15-10-2-1-3-12-17(15)19-13-7-6-9-14-8-4-5-11-16(14)19/h4-5,8,11,15,17H,1-3,6-7,9-10,12-13H2,(H,20,21). The molecule has 0 bridgehead atoms. The van der Waals surface area contributed by atoms with E-state index in [9.17, 15) is 9.90 Å². The Labute approximate surface area is 127 Å². The van der Waals surface area contributed by atoms with Gasteiger partial charge in [0.2, 0.25) is 0 Å². The molecule has 21 heavy (non-hydrogen) atoms. The molecule has 3 nitrogen and oxygen atoms in total. The molecule has 2 unspecified atom stereocenters. The lowest BCUT2D eigenvalue weighted by atomic mass is 9.92. The number of rotatable bonds is 2. The third kappa shape index (κ3) is 3.07. The fourth-order valence-corrected chi connectivity index (χ4v) is 4.01. The molecule has 2 aliphatic rings. The molecule has 1 aromatic rings. The normalized spacial score (nSPS) is 26.6. The largest absolute Gasteiger partial charge is 0.481 e. The topological polar surface area (TPSA) is 40.5 Å². The van der Waals surface area contributed by atoms with Crippen LogP contribution in [0, 0.1) is 5.92 Å². The van der Waals surface area contributed by atoms with E-state index in [4.69, 9.17) is 0 Å². The Morgan fingerprint density at radius 1 is 1.05 bits per heavy atom. The van der Waals surface area contributed by atoms with Crippen molar-refractivity contribution in [2.24, 2.45) is 5.92 Å². The molecule has 3 heteroatoms. The van der Waals surface area contributed by atoms with E-state index >= 15 is 0 Å². The molecule has 0 spiro atoms. The Kier molecular flexibility index (Phi) is 4.47. The lowest BCUT2D eigenvalue weighted by Crippen LogP contribution is -2.44. The molecule has 3 rings (SSSR count). The van der Waals surface area contributed by atoms with E-state index in [1.165, 1.54) is 24.1 Å². The molecule has 1 aliphatic heterocycles. The zero-order chi connectivity index (χ0) is 14.7. The van der Waals surface area contributed by atoms with Crippen LogP contribution in [-0.4, -0.2) is 23.7 Å². The highest BCUT2D eigenvalue weighted by Gasteiger charge is 2.34. The minimum atomic E-state index is -0.608. The van der Waals surface area contributed by atoms with Crippen LogP contribution in [-0.2, 0) is 11.2 Å². The number of carbonyl (C=O) groups is 1. The van der Waals surface area contributed by atoms with Gasteiger partial charge in [-0.3, -0.25) is 4.79 Å². The Morgan fingerprint density at radius 2 is 1.86 bits per heavy atom. The van der Waals surface area contributed by atoms with Gasteiger partial charge in [0.1, 0.15) is 0 Å². The van der Waals surface area contributed by atoms with E-state index in [0.29, 0.717) is 0 Å². The Bertz CT molecular complexity index is 500. The number of fused-ring (bicyclic) bond motifs is 1. The highest BCUT2D eigenvalue weighted by atomic mass is 16.4. The van der Waals surface area contributed by atoms with E-state index in [1.807, 2.05) is 0 Å². The fourth-order valence-electron chi connectivity index (χ4n) is 4.01. The van der Waals surface area contributed by atoms with Crippen LogP contribution >= 0.6 is 0 Å². The fraction of sp³-hybridized carbons (Fsp3) is 0.611. The van der Waals surface area contributed by atoms with Gasteiger partial charge in [-0.15, -0.1) is 0 Å². The van der Waals surface area contributed by atoms with Gasteiger partial charge in [0.15, 0.2) is 0 Å². The molecule has 0 saturated heterocycles. The molecular formula is C18H25NO2. The third-order valence-electron chi connectivity index (χ3n) is 5.09. The zero-order valence-electron chi connectivity index (χ0n) is 12.6. The van der Waals surface area contributed by atoms with E-state index in [0.717, 1.165) is 45.1 Å². The molecule has 0 radical (unpaired) electrons. The van der Waals surface area contributed by atoms with E-state index in [2.05, 4.69) is 29.2 Å². The predicted molar refractivity (Wildman–Crippen MR) is 84.7 cm³/mol. The quantitative estimate of drug-likeness (QED) is 0.840. The van der Waals surface area contributed by atoms with Crippen LogP contribution in [0.15, 0.2) is 24.3 Å². The Balaban J connectivity index is 1.94. The van der Waals surface area contributed by atoms with Crippen LogP contribution in [0.2, 0.25) is 0 Å². The van der Waals surface area contributed by atoms with Crippen molar-refractivity contribution in [1.29, 1.82) is 0 Å². The van der Waals surface area contributed by atoms with Crippen LogP contribution < -0.4 is 4.90 Å². The second-order valence-corrected chi connectivity index (χ2v) is 6.43. The van der Waals surface area contributed by atoms with Crippen molar-refractivity contribution in [2.45, 2.75) is 57.4 Å². The van der Waals surface area contributed by atoms with Crippen molar-refractivity contribution in [3.8, 4) is 0 Å². The van der Waals surface area contributed by atoms with Gasteiger partial charge in [-0.2, -0.15) is 0 Å². The molecule has 0 amide bonds. The van der Waals surface area contributed by atoms with Crippen LogP contribution in [0.4, 0.5) is 5.69 Å². The van der Waals surface area contributed by atoms with Crippen molar-refractivity contribution >= 4 is 11.7 Å². The molecule has 1 saturated carbocycles. The molecule has 114 valence electrons. The highest BCUT2D eigenvalue weighted by Crippen LogP contribution is 2.35. The molecule has 1 fully saturated rings. The minimum absolute atomic E-state index is 0.171. The van der Waals surface area contributed by atoms with Crippen molar-refractivity contribution < 1.29 is 9.90 Å². The number of aliphatic carboxylic acids is 1. The van der Waals surface area contributed by atoms with Gasteiger partial charge in [-0.25, -0.2) is 0 Å². The average molecular weight is 287 g/mol. The second kappa shape index (κ2) is 6.50. The molecule has 1 aliphatic carbocycles. The van der Waals surface area contributed by atoms with Gasteiger partial charge in [0.05, 0.1) is 5.92 Å². The summed E-state index contributed by atoms with van der Waals surface area (Å²) in [6, 6.07) is 8.75. The van der Waals surface area contributed by atoms with Gasteiger partial charge in [-0.05, 0) is 43.7 Å². The van der Waals surface area contributed by atoms with Crippen LogP contribution in [0.1, 0.15) is 50.5 Å². The van der Waals surface area contributed by atoms with Crippen molar-refractivity contribution in [2.75, 3.05) is 11.4 Å². The minimum Gasteiger partial charge on any atom is -0.481 e. The molecular weight excluding hydrogens is 262 g/mol. The molecule has 1 aromatic carbocycles. The maximum Gasteiger partial charge on any atom is 0.308 e. The summed E-state index contributed by atoms with van der Waals surface area (Å²) in [6.07, 6.45) is 8.74. The Morgan fingerprint density at radius 3 is 2.71 bits per heavy atom. The predicted octanol–water partition coefficient (Wildman–Crippen LogP) is 3.86. The molecule has 1 N–H and O–H groups in total. The highest BCUT2D eigenvalue weighted by molar-refractivity contribution is 5.72. The lowest BCUT2D eigenvalue weighted by Gasteiger charge is -2.36. The summed E-state index contributed by atoms with van der Waals surface area (Å²) in [7, 11) is 0. The molecule has 1 heterocycles. The summed E-state index contributed by atoms with van der Waals surface area (Å²) in [5.41, 5.74) is 2.68. The van der Waals surface area contributed by atoms with E-state index in [-0.39, 0.29) is 12.0 Å². The first kappa shape index (κ1) is 14.4. The summed E-state index contributed by atoms with van der Waals surface area (Å²) in [6.45, 7) is 1.01. The number of carboxylic acids is 1. The summed E-state index contributed by atoms with van der Waals surface area (Å²) < 4.78 is 0. The monoisotopic (exact) mass is 287 g/mol. The maximum atomic E-state index is 11.7. The number of carboxylic acid groups (broad SMARTS) is 1. The van der Waals surface area contributed by atoms with Gasteiger partial charge in [0, 0.05) is 18.3 Å². The van der Waals surface area contributed by atoms with Crippen molar-refractivity contribution in [3.63, 3.8) is 0 Å². The molecule has 2 atom stereocenters. The zero-order valence-corrected chi connectivity index (χ0v) is 12.6. The number of hydrogen-bond acceptors (Lipinski definition) is 2. The first-order valence-corrected chi connectivity index (χ1v) is 8.35. The van der Waals surface area contributed by atoms with E-state index in [1.54, 1.807) is 0 Å². The van der Waals surface area contributed by atoms with Gasteiger partial charge >= 0.3 is 5.97 Å². The SMILES string of the molecule is O=C(O)C1CCCCCC1N1CCCCc2ccccc21. The van der Waals surface area contributed by atoms with Crippen molar-refractivity contribution in [3.05, 3.63) is 29.8 Å². The number of anilines is 1. The summed E-state index contributed by atoms with van der Waals surface area (Å²) in [5, 5.41) is 9.66. The third-order valence-corrected chi connectivity index (χ3v) is 5.09. The second-order valence-electron chi connectivity index (χ2n) is 6.43. The maximum absolute atomic E-state index is 11.7. The van der Waals surface area contributed by atoms with Gasteiger partial charge in [-0.1, -0.05) is 37.5 Å². The number of hydrogen-bond donors (Lipinski definition) is 1. The Hall–Kier alpha value is -1.51. The van der Waals surface area contributed by atoms with Crippen LogP contribution in [0.3, 0.4) is 0 Å². The number of aryl methyl sites for hydroxylation is 1. The smallest absolute Gasteiger partial charge is 0.308 e. The van der Waals surface area contributed by atoms with Gasteiger partial charge < -0.3 is 10.0 Å². The number of benzene rings is 1. The van der Waals surface area contributed by atoms with E-state index < -0.39 is 5.97 Å². The van der Waals surface area contributed by atoms with Gasteiger partial charge in [0.25, 0.3) is 0 Å². The molecule has 0 aromatic heterocycles. The number of para-hydroxylation sites is 1. The lowest BCUT2D eigenvalue weighted by molar-refractivity contribution is -0.142. The summed E-state index contributed by atoms with van der Waals surface area (Å²) in [4.78, 5) is 14.2.